The first-order chi connectivity index (χ1) is 8.33. The van der Waals surface area contributed by atoms with Crippen LogP contribution in [-0.4, -0.2) is 6.61 Å². The Morgan fingerprint density at radius 2 is 1.82 bits per heavy atom. The number of hydrogen-bond donors (Lipinski definition) is 0. The second kappa shape index (κ2) is 8.86. The monoisotopic (exact) mass is 232 g/mol. The Kier molecular flexibility index (Phi) is 7.20. The van der Waals surface area contributed by atoms with Gasteiger partial charge in [0, 0.05) is 0 Å². The summed E-state index contributed by atoms with van der Waals surface area (Å²) < 4.78 is 5.24. The summed E-state index contributed by atoms with van der Waals surface area (Å²) in [5.41, 5.74) is 0. The van der Waals surface area contributed by atoms with Gasteiger partial charge in [-0.3, -0.25) is 0 Å². The molecule has 0 spiro atoms. The molecule has 0 heterocycles. The van der Waals surface area contributed by atoms with Crippen molar-refractivity contribution >= 4 is 0 Å². The fourth-order valence-corrected chi connectivity index (χ4v) is 1.98. The van der Waals surface area contributed by atoms with Crippen LogP contribution in [0.5, 0.6) is 5.75 Å². The molecular formula is C16H24O. The average Bonchev–Trinajstić information content (AvgIpc) is 2.39. The van der Waals surface area contributed by atoms with E-state index in [2.05, 4.69) is 13.5 Å². The molecule has 1 fully saturated rings. The van der Waals surface area contributed by atoms with Crippen molar-refractivity contribution in [3.05, 3.63) is 43.0 Å². The topological polar surface area (TPSA) is 9.23 Å². The van der Waals surface area contributed by atoms with Crippen molar-refractivity contribution in [3.8, 4) is 5.75 Å². The van der Waals surface area contributed by atoms with E-state index in [9.17, 15) is 0 Å². The predicted molar refractivity (Wildman–Crippen MR) is 74.4 cm³/mol. The molecule has 0 saturated heterocycles. The average molecular weight is 232 g/mol. The summed E-state index contributed by atoms with van der Waals surface area (Å²) in [7, 11) is 0. The van der Waals surface area contributed by atoms with E-state index >= 15 is 0 Å². The van der Waals surface area contributed by atoms with Crippen LogP contribution in [0.4, 0.5) is 0 Å². The van der Waals surface area contributed by atoms with Crippen LogP contribution >= 0.6 is 0 Å². The van der Waals surface area contributed by atoms with Crippen LogP contribution in [0.25, 0.3) is 0 Å². The minimum absolute atomic E-state index is 0.573. The summed E-state index contributed by atoms with van der Waals surface area (Å²) in [6, 6.07) is 9.69. The lowest BCUT2D eigenvalue weighted by Crippen LogP contribution is -1.99. The van der Waals surface area contributed by atoms with E-state index < -0.39 is 0 Å². The summed E-state index contributed by atoms with van der Waals surface area (Å²) in [4.78, 5) is 0. The third-order valence-corrected chi connectivity index (χ3v) is 3.00. The number of benzene rings is 1. The van der Waals surface area contributed by atoms with Gasteiger partial charge in [-0.15, -0.1) is 0 Å². The van der Waals surface area contributed by atoms with Crippen LogP contribution in [0.15, 0.2) is 43.0 Å². The van der Waals surface area contributed by atoms with Crippen LogP contribution in [0, 0.1) is 5.92 Å². The Labute approximate surface area is 106 Å². The molecule has 1 aliphatic carbocycles. The highest BCUT2D eigenvalue weighted by atomic mass is 16.5. The number of para-hydroxylation sites is 1. The van der Waals surface area contributed by atoms with E-state index in [1.807, 2.05) is 30.3 Å². The highest BCUT2D eigenvalue weighted by Crippen LogP contribution is 2.22. The molecular weight excluding hydrogens is 208 g/mol. The first kappa shape index (κ1) is 13.8. The van der Waals surface area contributed by atoms with Gasteiger partial charge in [-0.05, 0) is 18.1 Å². The number of ether oxygens (including phenoxy) is 1. The molecule has 0 aromatic heterocycles. The fourth-order valence-electron chi connectivity index (χ4n) is 1.98. The van der Waals surface area contributed by atoms with Crippen LogP contribution in [-0.2, 0) is 0 Å². The Morgan fingerprint density at radius 1 is 1.18 bits per heavy atom. The van der Waals surface area contributed by atoms with Crippen molar-refractivity contribution < 1.29 is 4.74 Å². The highest BCUT2D eigenvalue weighted by Gasteiger charge is 2.05. The van der Waals surface area contributed by atoms with Gasteiger partial charge in [-0.25, -0.2) is 0 Å². The van der Waals surface area contributed by atoms with Crippen molar-refractivity contribution in [3.63, 3.8) is 0 Å². The van der Waals surface area contributed by atoms with E-state index in [1.54, 1.807) is 6.08 Å². The summed E-state index contributed by atoms with van der Waals surface area (Å²) >= 11 is 0. The van der Waals surface area contributed by atoms with E-state index in [-0.39, 0.29) is 0 Å². The molecule has 1 aromatic rings. The van der Waals surface area contributed by atoms with Crippen LogP contribution in [0.1, 0.15) is 39.0 Å². The van der Waals surface area contributed by atoms with Crippen LogP contribution in [0.3, 0.4) is 0 Å². The maximum atomic E-state index is 5.24. The molecule has 1 nitrogen and oxygen atoms in total. The molecule has 0 radical (unpaired) electrons. The van der Waals surface area contributed by atoms with Crippen molar-refractivity contribution in [2.75, 3.05) is 6.61 Å². The van der Waals surface area contributed by atoms with Gasteiger partial charge in [0.25, 0.3) is 0 Å². The molecule has 94 valence electrons. The van der Waals surface area contributed by atoms with Gasteiger partial charge in [0.2, 0.25) is 0 Å². The quantitative estimate of drug-likeness (QED) is 0.678. The van der Waals surface area contributed by atoms with Gasteiger partial charge >= 0.3 is 0 Å². The van der Waals surface area contributed by atoms with Gasteiger partial charge in [0.1, 0.15) is 12.4 Å². The largest absolute Gasteiger partial charge is 0.490 e. The maximum absolute atomic E-state index is 5.24. The normalized spacial score (nSPS) is 15.6. The van der Waals surface area contributed by atoms with Gasteiger partial charge in [0.15, 0.2) is 0 Å². The summed E-state index contributed by atoms with van der Waals surface area (Å²) in [6.07, 6.45) is 9.17. The smallest absolute Gasteiger partial charge is 0.119 e. The Hall–Kier alpha value is -1.24. The van der Waals surface area contributed by atoms with Crippen molar-refractivity contribution in [1.29, 1.82) is 0 Å². The SMILES string of the molecule is C=CCOc1ccccc1.CC1CCCCC1. The standard InChI is InChI=1S/C9H10O.C7H14/c1-2-8-10-9-6-4-3-5-7-9;1-7-5-3-2-4-6-7/h2-7H,1,8H2;7H,2-6H2,1H3. The molecule has 0 amide bonds. The predicted octanol–water partition coefficient (Wildman–Crippen LogP) is 4.84. The Morgan fingerprint density at radius 3 is 2.29 bits per heavy atom. The first-order valence-corrected chi connectivity index (χ1v) is 6.61. The van der Waals surface area contributed by atoms with Gasteiger partial charge < -0.3 is 4.74 Å². The van der Waals surface area contributed by atoms with Gasteiger partial charge in [-0.1, -0.05) is 69.9 Å². The minimum Gasteiger partial charge on any atom is -0.490 e. The van der Waals surface area contributed by atoms with Gasteiger partial charge in [0.05, 0.1) is 0 Å². The Balaban J connectivity index is 0.000000181. The molecule has 2 rings (SSSR count). The second-order valence-electron chi connectivity index (χ2n) is 4.66. The van der Waals surface area contributed by atoms with Crippen molar-refractivity contribution in [1.82, 2.24) is 0 Å². The molecule has 1 aliphatic rings. The molecule has 0 atom stereocenters. The minimum atomic E-state index is 0.573. The highest BCUT2D eigenvalue weighted by molar-refractivity contribution is 5.21. The van der Waals surface area contributed by atoms with E-state index in [1.165, 1.54) is 32.1 Å². The molecule has 0 N–H and O–H groups in total. The van der Waals surface area contributed by atoms with Crippen LogP contribution < -0.4 is 4.74 Å². The summed E-state index contributed by atoms with van der Waals surface area (Å²) in [6.45, 7) is 6.48. The second-order valence-corrected chi connectivity index (χ2v) is 4.66. The zero-order valence-corrected chi connectivity index (χ0v) is 10.9. The fraction of sp³-hybridized carbons (Fsp3) is 0.500. The van der Waals surface area contributed by atoms with Crippen LogP contribution in [0.2, 0.25) is 0 Å². The van der Waals surface area contributed by atoms with Crippen molar-refractivity contribution in [2.45, 2.75) is 39.0 Å². The molecule has 1 saturated carbocycles. The number of hydrogen-bond acceptors (Lipinski definition) is 1. The van der Waals surface area contributed by atoms with E-state index in [4.69, 9.17) is 4.74 Å². The maximum Gasteiger partial charge on any atom is 0.119 e. The lowest BCUT2D eigenvalue weighted by Gasteiger charge is -2.15. The zero-order valence-electron chi connectivity index (χ0n) is 10.9. The number of rotatable bonds is 3. The molecule has 0 unspecified atom stereocenters. The summed E-state index contributed by atoms with van der Waals surface area (Å²) in [5, 5.41) is 0. The van der Waals surface area contributed by atoms with Gasteiger partial charge in [-0.2, -0.15) is 0 Å². The zero-order chi connectivity index (χ0) is 12.3. The molecule has 17 heavy (non-hydrogen) atoms. The third kappa shape index (κ3) is 6.83. The van der Waals surface area contributed by atoms with Crippen molar-refractivity contribution in [2.24, 2.45) is 5.92 Å². The Bertz CT molecular complexity index is 286. The third-order valence-electron chi connectivity index (χ3n) is 3.00. The van der Waals surface area contributed by atoms with E-state index in [0.717, 1.165) is 11.7 Å². The molecule has 0 aliphatic heterocycles. The molecule has 1 aromatic carbocycles. The summed E-state index contributed by atoms with van der Waals surface area (Å²) in [5.74, 6) is 1.93. The van der Waals surface area contributed by atoms with E-state index in [0.29, 0.717) is 6.61 Å². The lowest BCUT2D eigenvalue weighted by molar-refractivity contribution is 0.363. The molecule has 0 bridgehead atoms. The first-order valence-electron chi connectivity index (χ1n) is 6.61. The molecule has 1 heteroatoms. The lowest BCUT2D eigenvalue weighted by atomic mass is 9.91.